The molecule has 0 saturated carbocycles. The normalized spacial score (nSPS) is 18.4. The first-order valence-electron chi connectivity index (χ1n) is 5.77. The maximum Gasteiger partial charge on any atom is 0.355 e. The third-order valence-corrected chi connectivity index (χ3v) is 3.47. The smallest absolute Gasteiger partial charge is 0.355 e. The second-order valence-electron chi connectivity index (χ2n) is 4.37. The van der Waals surface area contributed by atoms with Gasteiger partial charge in [0.25, 0.3) is 0 Å². The summed E-state index contributed by atoms with van der Waals surface area (Å²) in [4.78, 5) is 11.6. The van der Waals surface area contributed by atoms with Crippen molar-refractivity contribution in [3.63, 3.8) is 0 Å². The van der Waals surface area contributed by atoms with Gasteiger partial charge in [0.05, 0.1) is 0 Å². The van der Waals surface area contributed by atoms with E-state index in [4.69, 9.17) is 25.5 Å². The quantitative estimate of drug-likeness (QED) is 0.747. The van der Waals surface area contributed by atoms with E-state index >= 15 is 0 Å². The number of hydrogen-bond donors (Lipinski definition) is 1. The van der Waals surface area contributed by atoms with Gasteiger partial charge in [-0.1, -0.05) is 11.6 Å². The van der Waals surface area contributed by atoms with Crippen LogP contribution in [-0.4, -0.2) is 24.4 Å². The Hall–Kier alpha value is -1.72. The number of ether oxygens (including phenoxy) is 2. The minimum absolute atomic E-state index is 0.0574. The van der Waals surface area contributed by atoms with Gasteiger partial charge in [-0.2, -0.15) is 0 Å². The van der Waals surface area contributed by atoms with E-state index in [-0.39, 0.29) is 18.2 Å². The van der Waals surface area contributed by atoms with Gasteiger partial charge in [-0.05, 0) is 24.6 Å². The van der Waals surface area contributed by atoms with Gasteiger partial charge < -0.3 is 19.0 Å². The minimum atomic E-state index is -0.720. The molecule has 100 valence electrons. The number of aliphatic hydroxyl groups is 1. The molecule has 0 bridgehead atoms. The Morgan fingerprint density at radius 3 is 2.84 bits per heavy atom. The highest BCUT2D eigenvalue weighted by molar-refractivity contribution is 6.31. The molecule has 19 heavy (non-hydrogen) atoms. The van der Waals surface area contributed by atoms with Crippen molar-refractivity contribution in [1.82, 2.24) is 0 Å². The Balaban J connectivity index is 2.31. The van der Waals surface area contributed by atoms with Crippen LogP contribution >= 0.6 is 11.6 Å². The van der Waals surface area contributed by atoms with Crippen LogP contribution in [0.1, 0.15) is 5.56 Å². The summed E-state index contributed by atoms with van der Waals surface area (Å²) in [6, 6.07) is 3.46. The molecule has 0 fully saturated rings. The standard InChI is InChI=1S/C13H11ClO5/c1-6-8-2-3-9-12(18-5-7(15)4-17-9)11(8)19-13(16)10(6)14/h2-3,7,15H,4-5H2,1H3. The molecule has 3 rings (SSSR count). The van der Waals surface area contributed by atoms with Crippen LogP contribution in [0, 0.1) is 6.92 Å². The number of aryl methyl sites for hydroxylation is 1. The first kappa shape index (κ1) is 12.3. The summed E-state index contributed by atoms with van der Waals surface area (Å²) in [7, 11) is 0. The summed E-state index contributed by atoms with van der Waals surface area (Å²) in [5, 5.41) is 10.3. The van der Waals surface area contributed by atoms with Crippen molar-refractivity contribution in [2.75, 3.05) is 13.2 Å². The van der Waals surface area contributed by atoms with E-state index in [0.29, 0.717) is 28.0 Å². The maximum atomic E-state index is 11.6. The molecule has 1 unspecified atom stereocenters. The fourth-order valence-electron chi connectivity index (χ4n) is 2.01. The van der Waals surface area contributed by atoms with Crippen molar-refractivity contribution in [3.8, 4) is 11.5 Å². The molecule has 0 aliphatic carbocycles. The molecule has 0 amide bonds. The van der Waals surface area contributed by atoms with E-state index in [1.165, 1.54) is 0 Å². The molecular weight excluding hydrogens is 272 g/mol. The average molecular weight is 283 g/mol. The van der Waals surface area contributed by atoms with Gasteiger partial charge in [0, 0.05) is 5.39 Å². The molecule has 0 saturated heterocycles. The third-order valence-electron chi connectivity index (χ3n) is 3.03. The van der Waals surface area contributed by atoms with Crippen LogP contribution in [-0.2, 0) is 0 Å². The van der Waals surface area contributed by atoms with Gasteiger partial charge in [0.15, 0.2) is 11.3 Å². The van der Waals surface area contributed by atoms with Crippen molar-refractivity contribution in [2.24, 2.45) is 0 Å². The number of fused-ring (bicyclic) bond motifs is 3. The molecule has 6 heteroatoms. The Morgan fingerprint density at radius 2 is 2.05 bits per heavy atom. The zero-order valence-electron chi connectivity index (χ0n) is 10.1. The third kappa shape index (κ3) is 1.95. The zero-order chi connectivity index (χ0) is 13.6. The number of hydrogen-bond acceptors (Lipinski definition) is 5. The van der Waals surface area contributed by atoms with Crippen LogP contribution in [0.25, 0.3) is 11.0 Å². The zero-order valence-corrected chi connectivity index (χ0v) is 10.9. The fourth-order valence-corrected chi connectivity index (χ4v) is 2.15. The molecular formula is C13H11ClO5. The Labute approximate surface area is 113 Å². The average Bonchev–Trinajstić information content (AvgIpc) is 2.59. The van der Waals surface area contributed by atoms with Crippen LogP contribution in [0.2, 0.25) is 5.02 Å². The van der Waals surface area contributed by atoms with Gasteiger partial charge in [-0.25, -0.2) is 4.79 Å². The summed E-state index contributed by atoms with van der Waals surface area (Å²) < 4.78 is 16.1. The fraction of sp³-hybridized carbons (Fsp3) is 0.308. The van der Waals surface area contributed by atoms with Gasteiger partial charge in [0.1, 0.15) is 24.3 Å². The molecule has 1 N–H and O–H groups in total. The van der Waals surface area contributed by atoms with Gasteiger partial charge in [-0.3, -0.25) is 0 Å². The molecule has 2 aromatic rings. The summed E-state index contributed by atoms with van der Waals surface area (Å²) in [6.07, 6.45) is -0.720. The summed E-state index contributed by atoms with van der Waals surface area (Å²) in [5.41, 5.74) is 0.302. The van der Waals surface area contributed by atoms with Crippen molar-refractivity contribution >= 4 is 22.6 Å². The molecule has 0 radical (unpaired) electrons. The van der Waals surface area contributed by atoms with E-state index in [1.54, 1.807) is 19.1 Å². The van der Waals surface area contributed by atoms with Gasteiger partial charge in [-0.15, -0.1) is 0 Å². The highest BCUT2D eigenvalue weighted by Crippen LogP contribution is 2.38. The minimum Gasteiger partial charge on any atom is -0.487 e. The van der Waals surface area contributed by atoms with E-state index in [1.807, 2.05) is 0 Å². The molecule has 5 nitrogen and oxygen atoms in total. The number of benzene rings is 1. The second kappa shape index (κ2) is 4.43. The highest BCUT2D eigenvalue weighted by atomic mass is 35.5. The predicted octanol–water partition coefficient (Wildman–Crippen LogP) is 1.89. The second-order valence-corrected chi connectivity index (χ2v) is 4.75. The lowest BCUT2D eigenvalue weighted by Crippen LogP contribution is -2.22. The van der Waals surface area contributed by atoms with Gasteiger partial charge >= 0.3 is 5.63 Å². The van der Waals surface area contributed by atoms with E-state index in [2.05, 4.69) is 0 Å². The molecule has 1 aliphatic heterocycles. The predicted molar refractivity (Wildman–Crippen MR) is 69.2 cm³/mol. The molecule has 0 spiro atoms. The number of aliphatic hydroxyl groups excluding tert-OH is 1. The molecule has 1 aromatic carbocycles. The topological polar surface area (TPSA) is 68.9 Å². The van der Waals surface area contributed by atoms with Crippen LogP contribution in [0.3, 0.4) is 0 Å². The lowest BCUT2D eigenvalue weighted by atomic mass is 10.1. The lowest BCUT2D eigenvalue weighted by Gasteiger charge is -2.10. The highest BCUT2D eigenvalue weighted by Gasteiger charge is 2.22. The van der Waals surface area contributed by atoms with Crippen molar-refractivity contribution < 1.29 is 19.0 Å². The lowest BCUT2D eigenvalue weighted by molar-refractivity contribution is 0.0802. The van der Waals surface area contributed by atoms with Gasteiger partial charge in [0.2, 0.25) is 5.75 Å². The van der Waals surface area contributed by atoms with E-state index < -0.39 is 11.7 Å². The summed E-state index contributed by atoms with van der Waals surface area (Å²) in [6.45, 7) is 1.95. The SMILES string of the molecule is Cc1c(Cl)c(=O)oc2c3c(ccc12)OCC(O)CO3. The first-order chi connectivity index (χ1) is 9.08. The van der Waals surface area contributed by atoms with Crippen LogP contribution in [0.5, 0.6) is 11.5 Å². The molecule has 1 atom stereocenters. The monoisotopic (exact) mass is 282 g/mol. The van der Waals surface area contributed by atoms with Crippen LogP contribution < -0.4 is 15.1 Å². The molecule has 1 aliphatic rings. The number of halogens is 1. The maximum absolute atomic E-state index is 11.6. The summed E-state index contributed by atoms with van der Waals surface area (Å²) >= 11 is 5.88. The van der Waals surface area contributed by atoms with Crippen LogP contribution in [0.15, 0.2) is 21.3 Å². The van der Waals surface area contributed by atoms with Crippen LogP contribution in [0.4, 0.5) is 0 Å². The number of rotatable bonds is 0. The Morgan fingerprint density at radius 1 is 1.32 bits per heavy atom. The van der Waals surface area contributed by atoms with Crippen molar-refractivity contribution in [3.05, 3.63) is 33.1 Å². The molecule has 2 heterocycles. The summed E-state index contributed by atoms with van der Waals surface area (Å²) in [5.74, 6) is 0.764. The first-order valence-corrected chi connectivity index (χ1v) is 6.15. The van der Waals surface area contributed by atoms with Crippen molar-refractivity contribution in [2.45, 2.75) is 13.0 Å². The van der Waals surface area contributed by atoms with Crippen molar-refractivity contribution in [1.29, 1.82) is 0 Å². The van der Waals surface area contributed by atoms with E-state index in [0.717, 1.165) is 0 Å². The Kier molecular flexibility index (Phi) is 2.88. The Bertz CT molecular complexity index is 706. The largest absolute Gasteiger partial charge is 0.487 e. The molecule has 1 aromatic heterocycles. The van der Waals surface area contributed by atoms with E-state index in [9.17, 15) is 9.90 Å².